The number of hydrogen-bond acceptors (Lipinski definition) is 2. The molecule has 0 spiro atoms. The first-order valence-electron chi connectivity index (χ1n) is 5.20. The highest BCUT2D eigenvalue weighted by molar-refractivity contribution is 9.10. The van der Waals surface area contributed by atoms with Crippen molar-refractivity contribution in [3.63, 3.8) is 0 Å². The lowest BCUT2D eigenvalue weighted by molar-refractivity contribution is 0.340. The Morgan fingerprint density at radius 3 is 2.47 bits per heavy atom. The molecule has 86 valence electrons. The van der Waals surface area contributed by atoms with Crippen LogP contribution in [-0.4, -0.2) is 23.4 Å². The van der Waals surface area contributed by atoms with Gasteiger partial charge in [0.2, 0.25) is 0 Å². The summed E-state index contributed by atoms with van der Waals surface area (Å²) in [5.74, 6) is 0. The number of aromatic nitrogens is 2. The van der Waals surface area contributed by atoms with Crippen molar-refractivity contribution in [2.24, 2.45) is 12.5 Å². The Morgan fingerprint density at radius 2 is 2.07 bits per heavy atom. The summed E-state index contributed by atoms with van der Waals surface area (Å²) in [7, 11) is 3.99. The van der Waals surface area contributed by atoms with Crippen LogP contribution in [0.2, 0.25) is 0 Å². The van der Waals surface area contributed by atoms with Gasteiger partial charge in [-0.25, -0.2) is 0 Å². The first-order valence-corrected chi connectivity index (χ1v) is 5.99. The van der Waals surface area contributed by atoms with Gasteiger partial charge in [0.25, 0.3) is 0 Å². The average Bonchev–Trinajstić information content (AvgIpc) is 2.32. The van der Waals surface area contributed by atoms with Crippen LogP contribution in [0, 0.1) is 12.3 Å². The summed E-state index contributed by atoms with van der Waals surface area (Å²) in [6, 6.07) is 0. The second-order valence-corrected chi connectivity index (χ2v) is 5.63. The topological polar surface area (TPSA) is 29.9 Å². The molecule has 0 unspecified atom stereocenters. The Kier molecular flexibility index (Phi) is 3.95. The van der Waals surface area contributed by atoms with Crippen molar-refractivity contribution in [3.05, 3.63) is 15.9 Å². The van der Waals surface area contributed by atoms with Gasteiger partial charge in [-0.05, 0) is 41.7 Å². The lowest BCUT2D eigenvalue weighted by Crippen LogP contribution is -2.29. The number of nitrogens with one attached hydrogen (secondary N) is 1. The third kappa shape index (κ3) is 3.05. The molecule has 0 aromatic carbocycles. The lowest BCUT2D eigenvalue weighted by Gasteiger charge is -2.24. The molecular formula is C11H20BrN3. The van der Waals surface area contributed by atoms with Crippen LogP contribution in [-0.2, 0) is 13.5 Å². The molecule has 0 aliphatic rings. The van der Waals surface area contributed by atoms with Crippen molar-refractivity contribution in [3.8, 4) is 0 Å². The molecule has 0 bridgehead atoms. The summed E-state index contributed by atoms with van der Waals surface area (Å²) in [6.07, 6.45) is 1.02. The minimum absolute atomic E-state index is 0.248. The average molecular weight is 274 g/mol. The van der Waals surface area contributed by atoms with Crippen molar-refractivity contribution in [1.29, 1.82) is 0 Å². The fourth-order valence-electron chi connectivity index (χ4n) is 1.87. The molecule has 1 aromatic rings. The van der Waals surface area contributed by atoms with Gasteiger partial charge in [-0.1, -0.05) is 13.8 Å². The molecule has 0 amide bonds. The maximum absolute atomic E-state index is 4.40. The standard InChI is InChI=1S/C11H20BrN3/c1-8-10(12)9(15(5)14-8)6-11(2,3)7-13-4/h13H,6-7H2,1-5H3. The van der Waals surface area contributed by atoms with Crippen LogP contribution in [0.4, 0.5) is 0 Å². The summed E-state index contributed by atoms with van der Waals surface area (Å²) < 4.78 is 3.12. The first kappa shape index (κ1) is 12.7. The molecule has 1 aromatic heterocycles. The second-order valence-electron chi connectivity index (χ2n) is 4.84. The van der Waals surface area contributed by atoms with Crippen LogP contribution in [0.1, 0.15) is 25.2 Å². The maximum atomic E-state index is 4.40. The van der Waals surface area contributed by atoms with E-state index in [2.05, 4.69) is 40.2 Å². The molecule has 0 radical (unpaired) electrons. The van der Waals surface area contributed by atoms with Gasteiger partial charge in [0.05, 0.1) is 15.9 Å². The third-order valence-corrected chi connectivity index (χ3v) is 3.59. The highest BCUT2D eigenvalue weighted by Gasteiger charge is 2.22. The molecule has 0 aliphatic heterocycles. The van der Waals surface area contributed by atoms with E-state index in [0.29, 0.717) is 0 Å². The van der Waals surface area contributed by atoms with Crippen LogP contribution in [0.25, 0.3) is 0 Å². The summed E-state index contributed by atoms with van der Waals surface area (Å²) >= 11 is 3.60. The molecule has 0 aliphatic carbocycles. The second kappa shape index (κ2) is 4.66. The largest absolute Gasteiger partial charge is 0.319 e. The van der Waals surface area contributed by atoms with Gasteiger partial charge in [-0.3, -0.25) is 4.68 Å². The van der Waals surface area contributed by atoms with E-state index in [-0.39, 0.29) is 5.41 Å². The van der Waals surface area contributed by atoms with Gasteiger partial charge in [-0.2, -0.15) is 5.10 Å². The smallest absolute Gasteiger partial charge is 0.0738 e. The number of hydrogen-bond donors (Lipinski definition) is 1. The van der Waals surface area contributed by atoms with E-state index >= 15 is 0 Å². The maximum Gasteiger partial charge on any atom is 0.0738 e. The van der Waals surface area contributed by atoms with Gasteiger partial charge in [-0.15, -0.1) is 0 Å². The Hall–Kier alpha value is -0.350. The van der Waals surface area contributed by atoms with E-state index < -0.39 is 0 Å². The molecule has 0 saturated heterocycles. The van der Waals surface area contributed by atoms with Crippen LogP contribution in [0.5, 0.6) is 0 Å². The predicted octanol–water partition coefficient (Wildman–Crippen LogP) is 2.28. The monoisotopic (exact) mass is 273 g/mol. The number of nitrogens with zero attached hydrogens (tertiary/aromatic N) is 2. The van der Waals surface area contributed by atoms with Gasteiger partial charge in [0.15, 0.2) is 0 Å². The van der Waals surface area contributed by atoms with Crippen molar-refractivity contribution in [1.82, 2.24) is 15.1 Å². The van der Waals surface area contributed by atoms with Crippen LogP contribution >= 0.6 is 15.9 Å². The van der Waals surface area contributed by atoms with Crippen molar-refractivity contribution < 1.29 is 0 Å². The fraction of sp³-hybridized carbons (Fsp3) is 0.727. The van der Waals surface area contributed by atoms with Crippen molar-refractivity contribution >= 4 is 15.9 Å². The first-order chi connectivity index (χ1) is 6.87. The molecule has 4 heteroatoms. The Balaban J connectivity index is 2.89. The SMILES string of the molecule is CNCC(C)(C)Cc1c(Br)c(C)nn1C. The molecule has 1 rings (SSSR count). The summed E-state index contributed by atoms with van der Waals surface area (Å²) in [5.41, 5.74) is 2.58. The van der Waals surface area contributed by atoms with E-state index in [9.17, 15) is 0 Å². The van der Waals surface area contributed by atoms with E-state index in [1.54, 1.807) is 0 Å². The molecule has 0 atom stereocenters. The zero-order valence-electron chi connectivity index (χ0n) is 10.2. The van der Waals surface area contributed by atoms with Crippen LogP contribution in [0.3, 0.4) is 0 Å². The summed E-state index contributed by atoms with van der Waals surface area (Å²) in [6.45, 7) is 7.55. The van der Waals surface area contributed by atoms with Gasteiger partial charge >= 0.3 is 0 Å². The molecule has 15 heavy (non-hydrogen) atoms. The molecule has 1 N–H and O–H groups in total. The number of rotatable bonds is 4. The number of aryl methyl sites for hydroxylation is 2. The minimum atomic E-state index is 0.248. The van der Waals surface area contributed by atoms with Crippen LogP contribution < -0.4 is 5.32 Å². The van der Waals surface area contributed by atoms with Gasteiger partial charge in [0.1, 0.15) is 0 Å². The fourth-order valence-corrected chi connectivity index (χ4v) is 2.34. The van der Waals surface area contributed by atoms with E-state index in [1.807, 2.05) is 25.7 Å². The Morgan fingerprint density at radius 1 is 1.47 bits per heavy atom. The van der Waals surface area contributed by atoms with E-state index in [1.165, 1.54) is 5.69 Å². The van der Waals surface area contributed by atoms with E-state index in [4.69, 9.17) is 0 Å². The molecule has 1 heterocycles. The highest BCUT2D eigenvalue weighted by atomic mass is 79.9. The quantitative estimate of drug-likeness (QED) is 0.913. The van der Waals surface area contributed by atoms with Crippen LogP contribution in [0.15, 0.2) is 4.47 Å². The lowest BCUT2D eigenvalue weighted by atomic mass is 9.87. The Bertz CT molecular complexity index is 342. The van der Waals surface area contributed by atoms with Crippen molar-refractivity contribution in [2.75, 3.05) is 13.6 Å². The normalized spacial score (nSPS) is 12.1. The predicted molar refractivity (Wildman–Crippen MR) is 67.1 cm³/mol. The summed E-state index contributed by atoms with van der Waals surface area (Å²) in [4.78, 5) is 0. The zero-order valence-corrected chi connectivity index (χ0v) is 11.8. The summed E-state index contributed by atoms with van der Waals surface area (Å²) in [5, 5.41) is 7.63. The molecule has 0 saturated carbocycles. The molecular weight excluding hydrogens is 254 g/mol. The molecule has 0 fully saturated rings. The zero-order chi connectivity index (χ0) is 11.6. The number of halogens is 1. The molecule has 3 nitrogen and oxygen atoms in total. The van der Waals surface area contributed by atoms with Gasteiger partial charge < -0.3 is 5.32 Å². The highest BCUT2D eigenvalue weighted by Crippen LogP contribution is 2.27. The van der Waals surface area contributed by atoms with Gasteiger partial charge in [0, 0.05) is 13.6 Å². The Labute approximate surface area is 100 Å². The third-order valence-electron chi connectivity index (χ3n) is 2.56. The minimum Gasteiger partial charge on any atom is -0.319 e. The van der Waals surface area contributed by atoms with E-state index in [0.717, 1.165) is 23.1 Å². The van der Waals surface area contributed by atoms with Crippen molar-refractivity contribution in [2.45, 2.75) is 27.2 Å².